The van der Waals surface area contributed by atoms with Crippen molar-refractivity contribution in [3.63, 3.8) is 0 Å². The third kappa shape index (κ3) is 3.60. The number of nitrogens with two attached hydrogens (primary N) is 1. The second kappa shape index (κ2) is 7.00. The third-order valence-corrected chi connectivity index (χ3v) is 4.23. The van der Waals surface area contributed by atoms with Crippen molar-refractivity contribution >= 4 is 0 Å². The van der Waals surface area contributed by atoms with Crippen LogP contribution in [0.15, 0.2) is 12.1 Å². The Hall–Kier alpha value is -1.46. The first-order valence-electron chi connectivity index (χ1n) is 7.37. The van der Waals surface area contributed by atoms with Crippen molar-refractivity contribution in [2.45, 2.75) is 19.4 Å². The van der Waals surface area contributed by atoms with E-state index >= 15 is 0 Å². The summed E-state index contributed by atoms with van der Waals surface area (Å²) in [7, 11) is 4.85. The van der Waals surface area contributed by atoms with Crippen molar-refractivity contribution in [1.29, 1.82) is 0 Å². The maximum atomic E-state index is 5.92. The molecule has 1 aromatic carbocycles. The van der Waals surface area contributed by atoms with Crippen molar-refractivity contribution in [1.82, 2.24) is 5.32 Å². The predicted octanol–water partition coefficient (Wildman–Crippen LogP) is 1.96. The molecule has 1 fully saturated rings. The molecule has 1 aliphatic rings. The molecule has 1 aliphatic carbocycles. The lowest BCUT2D eigenvalue weighted by molar-refractivity contribution is 0.323. The first-order chi connectivity index (χ1) is 10.1. The molecule has 0 amide bonds. The smallest absolute Gasteiger partial charge is 0.203 e. The highest BCUT2D eigenvalue weighted by atomic mass is 16.5. The van der Waals surface area contributed by atoms with Crippen LogP contribution in [0.25, 0.3) is 0 Å². The number of ether oxygens (including phenoxy) is 3. The zero-order valence-electron chi connectivity index (χ0n) is 13.3. The first-order valence-corrected chi connectivity index (χ1v) is 7.37. The summed E-state index contributed by atoms with van der Waals surface area (Å²) in [6.45, 7) is 3.81. The first kappa shape index (κ1) is 15.9. The zero-order chi connectivity index (χ0) is 15.4. The summed E-state index contributed by atoms with van der Waals surface area (Å²) in [5.74, 6) is 3.53. The second-order valence-electron chi connectivity index (χ2n) is 5.63. The quantitative estimate of drug-likeness (QED) is 0.767. The Balaban J connectivity index is 2.19. The molecule has 1 saturated carbocycles. The van der Waals surface area contributed by atoms with Gasteiger partial charge in [0.05, 0.1) is 21.3 Å². The number of hydrogen-bond donors (Lipinski definition) is 2. The summed E-state index contributed by atoms with van der Waals surface area (Å²) < 4.78 is 16.1. The molecular weight excluding hydrogens is 268 g/mol. The van der Waals surface area contributed by atoms with E-state index in [2.05, 4.69) is 12.2 Å². The van der Waals surface area contributed by atoms with E-state index in [1.165, 1.54) is 6.42 Å². The monoisotopic (exact) mass is 294 g/mol. The molecule has 0 radical (unpaired) electrons. The van der Waals surface area contributed by atoms with Gasteiger partial charge in [0.25, 0.3) is 0 Å². The van der Waals surface area contributed by atoms with Crippen LogP contribution in [0.4, 0.5) is 0 Å². The Morgan fingerprint density at radius 1 is 1.19 bits per heavy atom. The molecule has 0 heterocycles. The average Bonchev–Trinajstić information content (AvgIpc) is 3.22. The topological polar surface area (TPSA) is 65.7 Å². The lowest BCUT2D eigenvalue weighted by Crippen LogP contribution is -2.30. The van der Waals surface area contributed by atoms with Gasteiger partial charge in [0, 0.05) is 12.6 Å². The molecule has 5 heteroatoms. The minimum Gasteiger partial charge on any atom is -0.493 e. The highest BCUT2D eigenvalue weighted by molar-refractivity contribution is 5.54. The van der Waals surface area contributed by atoms with E-state index in [1.54, 1.807) is 21.3 Å². The summed E-state index contributed by atoms with van der Waals surface area (Å²) in [5, 5.41) is 3.54. The molecule has 3 atom stereocenters. The number of methoxy groups -OCH3 is 3. The van der Waals surface area contributed by atoms with Crippen LogP contribution in [0.3, 0.4) is 0 Å². The lowest BCUT2D eigenvalue weighted by Gasteiger charge is -2.20. The summed E-state index contributed by atoms with van der Waals surface area (Å²) in [6.07, 6.45) is 1.31. The average molecular weight is 294 g/mol. The van der Waals surface area contributed by atoms with Crippen molar-refractivity contribution in [3.8, 4) is 17.2 Å². The molecule has 2 rings (SSSR count). The fourth-order valence-electron chi connectivity index (χ4n) is 2.62. The van der Waals surface area contributed by atoms with Gasteiger partial charge in [-0.2, -0.15) is 0 Å². The van der Waals surface area contributed by atoms with Crippen molar-refractivity contribution in [2.75, 3.05) is 34.4 Å². The van der Waals surface area contributed by atoms with Gasteiger partial charge >= 0.3 is 0 Å². The molecule has 0 saturated heterocycles. The Morgan fingerprint density at radius 2 is 1.76 bits per heavy atom. The van der Waals surface area contributed by atoms with Gasteiger partial charge in [0.1, 0.15) is 0 Å². The van der Waals surface area contributed by atoms with Crippen LogP contribution in [-0.2, 0) is 0 Å². The van der Waals surface area contributed by atoms with Crippen LogP contribution in [0.5, 0.6) is 17.2 Å². The molecular formula is C16H26N2O3. The van der Waals surface area contributed by atoms with Gasteiger partial charge in [-0.3, -0.25) is 0 Å². The fourth-order valence-corrected chi connectivity index (χ4v) is 2.62. The largest absolute Gasteiger partial charge is 0.493 e. The zero-order valence-corrected chi connectivity index (χ0v) is 13.3. The van der Waals surface area contributed by atoms with E-state index in [1.807, 2.05) is 12.1 Å². The third-order valence-electron chi connectivity index (χ3n) is 4.23. The molecule has 0 aromatic heterocycles. The predicted molar refractivity (Wildman–Crippen MR) is 83.2 cm³/mol. The Bertz CT molecular complexity index is 454. The molecule has 21 heavy (non-hydrogen) atoms. The van der Waals surface area contributed by atoms with E-state index in [9.17, 15) is 0 Å². The molecule has 3 unspecified atom stereocenters. The van der Waals surface area contributed by atoms with Gasteiger partial charge in [0.2, 0.25) is 5.75 Å². The Kier molecular flexibility index (Phi) is 5.31. The second-order valence-corrected chi connectivity index (χ2v) is 5.63. The molecule has 5 nitrogen and oxygen atoms in total. The van der Waals surface area contributed by atoms with Gasteiger partial charge < -0.3 is 25.3 Å². The summed E-state index contributed by atoms with van der Waals surface area (Å²) >= 11 is 0. The molecule has 0 aliphatic heterocycles. The molecule has 1 aromatic rings. The molecule has 0 spiro atoms. The van der Waals surface area contributed by atoms with Crippen LogP contribution in [0.1, 0.15) is 24.9 Å². The maximum Gasteiger partial charge on any atom is 0.203 e. The van der Waals surface area contributed by atoms with E-state index in [-0.39, 0.29) is 6.04 Å². The fraction of sp³-hybridized carbons (Fsp3) is 0.625. The van der Waals surface area contributed by atoms with Gasteiger partial charge in [-0.05, 0) is 42.5 Å². The van der Waals surface area contributed by atoms with Crippen LogP contribution in [0, 0.1) is 11.8 Å². The minimum absolute atomic E-state index is 0.0894. The summed E-state index contributed by atoms with van der Waals surface area (Å²) in [6, 6.07) is 4.01. The number of nitrogens with one attached hydrogen (secondary N) is 1. The summed E-state index contributed by atoms with van der Waals surface area (Å²) in [4.78, 5) is 0. The van der Waals surface area contributed by atoms with Crippen molar-refractivity contribution in [2.24, 2.45) is 17.6 Å². The van der Waals surface area contributed by atoms with E-state index < -0.39 is 0 Å². The van der Waals surface area contributed by atoms with E-state index in [0.717, 1.165) is 23.9 Å². The van der Waals surface area contributed by atoms with Crippen LogP contribution >= 0.6 is 0 Å². The summed E-state index contributed by atoms with van der Waals surface area (Å²) in [5.41, 5.74) is 6.98. The van der Waals surface area contributed by atoms with Gasteiger partial charge in [-0.25, -0.2) is 0 Å². The van der Waals surface area contributed by atoms with Crippen molar-refractivity contribution < 1.29 is 14.2 Å². The SMILES string of the molecule is COc1cc(C(CN)NCC2CC2C)cc(OC)c1OC. The highest BCUT2D eigenvalue weighted by Gasteiger charge is 2.32. The minimum atomic E-state index is 0.0894. The number of rotatable bonds is 8. The molecule has 118 valence electrons. The van der Waals surface area contributed by atoms with E-state index in [0.29, 0.717) is 23.8 Å². The molecule has 0 bridgehead atoms. The lowest BCUT2D eigenvalue weighted by atomic mass is 10.0. The van der Waals surface area contributed by atoms with Gasteiger partial charge in [-0.15, -0.1) is 0 Å². The highest BCUT2D eigenvalue weighted by Crippen LogP contribution is 2.40. The van der Waals surface area contributed by atoms with Gasteiger partial charge in [-0.1, -0.05) is 6.92 Å². The van der Waals surface area contributed by atoms with Crippen molar-refractivity contribution in [3.05, 3.63) is 17.7 Å². The van der Waals surface area contributed by atoms with Crippen LogP contribution < -0.4 is 25.3 Å². The molecule has 3 N–H and O–H groups in total. The Morgan fingerprint density at radius 3 is 2.14 bits per heavy atom. The normalized spacial score (nSPS) is 21.8. The maximum absolute atomic E-state index is 5.92. The number of benzene rings is 1. The number of hydrogen-bond acceptors (Lipinski definition) is 5. The standard InChI is InChI=1S/C16H26N2O3/c1-10-5-12(10)9-18-13(8-17)11-6-14(19-2)16(21-4)15(7-11)20-3/h6-7,10,12-13,18H,5,8-9,17H2,1-4H3. The van der Waals surface area contributed by atoms with Crippen LogP contribution in [-0.4, -0.2) is 34.4 Å². The van der Waals surface area contributed by atoms with Crippen LogP contribution in [0.2, 0.25) is 0 Å². The Labute approximate surface area is 126 Å². The van der Waals surface area contributed by atoms with E-state index in [4.69, 9.17) is 19.9 Å². The van der Waals surface area contributed by atoms with Gasteiger partial charge in [0.15, 0.2) is 11.5 Å².